The van der Waals surface area contributed by atoms with Crippen LogP contribution in [0.1, 0.15) is 42.7 Å². The second kappa shape index (κ2) is 11.1. The maximum atomic E-state index is 16.9. The lowest BCUT2D eigenvalue weighted by Gasteiger charge is -2.39. The highest BCUT2D eigenvalue weighted by Crippen LogP contribution is 2.58. The van der Waals surface area contributed by atoms with Gasteiger partial charge in [0, 0.05) is 38.0 Å². The maximum Gasteiger partial charge on any atom is 0.319 e. The van der Waals surface area contributed by atoms with Gasteiger partial charge in [-0.1, -0.05) is 24.8 Å². The molecule has 3 aromatic rings. The minimum atomic E-state index is -1.11. The van der Waals surface area contributed by atoms with Crippen molar-refractivity contribution in [1.29, 1.82) is 0 Å². The Bertz CT molecular complexity index is 1860. The number of rotatable bonds is 7. The van der Waals surface area contributed by atoms with Crippen LogP contribution in [0.5, 0.6) is 11.8 Å². The molecule has 0 spiro atoms. The van der Waals surface area contributed by atoms with Crippen LogP contribution < -0.4 is 9.64 Å². The molecule has 5 aliphatic rings. The highest BCUT2D eigenvalue weighted by Gasteiger charge is 2.50. The fourth-order valence-corrected chi connectivity index (χ4v) is 8.65. The average molecular weight is 645 g/mol. The summed E-state index contributed by atoms with van der Waals surface area (Å²) in [6.07, 6.45) is 3.06. The van der Waals surface area contributed by atoms with Crippen LogP contribution in [-0.2, 0) is 11.2 Å². The van der Waals surface area contributed by atoms with Crippen LogP contribution in [0, 0.1) is 18.3 Å². The third-order valence-corrected chi connectivity index (χ3v) is 10.9. The van der Waals surface area contributed by atoms with Crippen molar-refractivity contribution < 1.29 is 27.8 Å². The number of halogens is 3. The SMILES string of the molecule is [C-]#[N+]C[C@H]1CN(c2nc(OC[C@@]34CCCN3C[C@H](F)C4)nc3c(F)c(-c4cccc5c4C[C@H]4C[C@@H]54)c(O)cc23)CCN1C(=O)C(=C)F. The molecule has 3 saturated heterocycles. The van der Waals surface area contributed by atoms with Gasteiger partial charge in [-0.15, -0.1) is 0 Å². The summed E-state index contributed by atoms with van der Waals surface area (Å²) in [5.74, 6) is -1.62. The zero-order chi connectivity index (χ0) is 32.6. The van der Waals surface area contributed by atoms with Crippen molar-refractivity contribution in [1.82, 2.24) is 19.8 Å². The standard InChI is InChI=1S/C35H35F3N6O3/c1-19(36)33(46)44-10-9-42(17-22(44)15-39-2)32-27-13-28(45)29(24-6-3-5-23-25-11-20(25)12-26(23)24)30(38)31(27)40-34(41-32)47-18-35-7-4-8-43(35)16-21(37)14-35/h3,5-6,13,20-22,25,45H,1,4,7-12,14-18H2/t20-,21-,22+,25-,35+/m1/s1. The summed E-state index contributed by atoms with van der Waals surface area (Å²) in [7, 11) is 0. The highest BCUT2D eigenvalue weighted by atomic mass is 19.1. The Balaban J connectivity index is 1.22. The molecule has 12 heteroatoms. The number of alkyl halides is 1. The van der Waals surface area contributed by atoms with E-state index in [-0.39, 0.29) is 66.8 Å². The van der Waals surface area contributed by atoms with Crippen LogP contribution in [0.15, 0.2) is 36.7 Å². The van der Waals surface area contributed by atoms with E-state index in [1.165, 1.54) is 16.5 Å². The van der Waals surface area contributed by atoms with Crippen molar-refractivity contribution in [2.75, 3.05) is 50.8 Å². The molecule has 5 atom stereocenters. The Morgan fingerprint density at radius 3 is 2.89 bits per heavy atom. The smallest absolute Gasteiger partial charge is 0.319 e. The van der Waals surface area contributed by atoms with E-state index in [0.717, 1.165) is 37.8 Å². The van der Waals surface area contributed by atoms with Crippen LogP contribution in [-0.4, -0.2) is 94.4 Å². The number of phenols is 1. The Morgan fingerprint density at radius 1 is 1.23 bits per heavy atom. The molecule has 1 saturated carbocycles. The van der Waals surface area contributed by atoms with E-state index in [2.05, 4.69) is 27.4 Å². The van der Waals surface area contributed by atoms with E-state index in [9.17, 15) is 18.7 Å². The van der Waals surface area contributed by atoms with Crippen molar-refractivity contribution in [2.45, 2.75) is 55.8 Å². The zero-order valence-corrected chi connectivity index (χ0v) is 25.9. The number of piperazine rings is 1. The van der Waals surface area contributed by atoms with Crippen molar-refractivity contribution in [3.8, 4) is 22.9 Å². The molecule has 4 fully saturated rings. The van der Waals surface area contributed by atoms with Gasteiger partial charge in [0.05, 0.1) is 11.1 Å². The molecule has 47 heavy (non-hydrogen) atoms. The molecule has 0 bridgehead atoms. The molecule has 0 unspecified atom stereocenters. The number of fused-ring (bicyclic) bond motifs is 5. The molecular weight excluding hydrogens is 609 g/mol. The van der Waals surface area contributed by atoms with E-state index >= 15 is 4.39 Å². The summed E-state index contributed by atoms with van der Waals surface area (Å²) in [5.41, 5.74) is 2.45. The summed E-state index contributed by atoms with van der Waals surface area (Å²) in [4.78, 5) is 30.5. The van der Waals surface area contributed by atoms with Gasteiger partial charge < -0.3 is 24.5 Å². The predicted molar refractivity (Wildman–Crippen MR) is 169 cm³/mol. The average Bonchev–Trinajstić information content (AvgIpc) is 3.39. The molecule has 1 aromatic heterocycles. The summed E-state index contributed by atoms with van der Waals surface area (Å²) in [6.45, 7) is 12.1. The number of anilines is 1. The summed E-state index contributed by atoms with van der Waals surface area (Å²) in [6, 6.07) is 6.51. The lowest BCUT2D eigenvalue weighted by Crippen LogP contribution is -2.56. The monoisotopic (exact) mass is 644 g/mol. The number of nitrogens with zero attached hydrogens (tertiary/aromatic N) is 6. The molecule has 3 aliphatic heterocycles. The first kappa shape index (κ1) is 30.0. The van der Waals surface area contributed by atoms with Gasteiger partial charge in [0.15, 0.2) is 11.6 Å². The number of hydrogen-bond acceptors (Lipinski definition) is 7. The van der Waals surface area contributed by atoms with Crippen LogP contribution in [0.4, 0.5) is 19.0 Å². The molecule has 2 aliphatic carbocycles. The van der Waals surface area contributed by atoms with E-state index in [1.54, 1.807) is 4.90 Å². The molecule has 244 valence electrons. The number of amides is 1. The highest BCUT2D eigenvalue weighted by molar-refractivity contribution is 5.97. The first-order chi connectivity index (χ1) is 22.7. The van der Waals surface area contributed by atoms with Crippen molar-refractivity contribution >= 4 is 22.6 Å². The van der Waals surface area contributed by atoms with E-state index in [0.29, 0.717) is 30.4 Å². The lowest BCUT2D eigenvalue weighted by molar-refractivity contribution is -0.131. The third-order valence-electron chi connectivity index (χ3n) is 10.9. The van der Waals surface area contributed by atoms with E-state index in [4.69, 9.17) is 16.3 Å². The fraction of sp³-hybridized carbons (Fsp3) is 0.486. The van der Waals surface area contributed by atoms with Gasteiger partial charge in [0.2, 0.25) is 6.54 Å². The molecule has 8 rings (SSSR count). The van der Waals surface area contributed by atoms with Crippen LogP contribution in [0.25, 0.3) is 26.9 Å². The Kier molecular flexibility index (Phi) is 7.09. The Morgan fingerprint density at radius 2 is 2.09 bits per heavy atom. The number of benzene rings is 2. The van der Waals surface area contributed by atoms with E-state index in [1.807, 2.05) is 12.1 Å². The number of phenolic OH excluding ortho intramolecular Hbond substituents is 1. The van der Waals surface area contributed by atoms with Gasteiger partial charge in [-0.3, -0.25) is 9.69 Å². The number of aromatic hydroxyl groups is 1. The van der Waals surface area contributed by atoms with Crippen molar-refractivity contribution in [3.63, 3.8) is 0 Å². The number of carbonyl (C=O) groups excluding carboxylic acids is 1. The molecular formula is C35H35F3N6O3. The van der Waals surface area contributed by atoms with Gasteiger partial charge in [0.1, 0.15) is 35.9 Å². The van der Waals surface area contributed by atoms with Gasteiger partial charge in [-0.05, 0) is 66.8 Å². The first-order valence-electron chi connectivity index (χ1n) is 16.3. The third kappa shape index (κ3) is 4.89. The molecule has 1 N–H and O–H groups in total. The molecule has 9 nitrogen and oxygen atoms in total. The van der Waals surface area contributed by atoms with Gasteiger partial charge in [-0.2, -0.15) is 9.97 Å². The Hall–Kier alpha value is -4.37. The molecule has 4 heterocycles. The van der Waals surface area contributed by atoms with Crippen molar-refractivity contribution in [2.24, 2.45) is 5.92 Å². The number of hydrogen-bond donors (Lipinski definition) is 1. The summed E-state index contributed by atoms with van der Waals surface area (Å²) >= 11 is 0. The minimum absolute atomic E-state index is 0.0356. The van der Waals surface area contributed by atoms with Gasteiger partial charge in [0.25, 0.3) is 5.91 Å². The normalized spacial score (nSPS) is 27.8. The quantitative estimate of drug-likeness (QED) is 0.281. The second-order valence-electron chi connectivity index (χ2n) is 13.7. The molecule has 0 radical (unpaired) electrons. The van der Waals surface area contributed by atoms with Crippen molar-refractivity contribution in [3.05, 3.63) is 65.0 Å². The van der Waals surface area contributed by atoms with Crippen LogP contribution >= 0.6 is 0 Å². The summed E-state index contributed by atoms with van der Waals surface area (Å²) in [5, 5.41) is 11.6. The molecule has 1 amide bonds. The Labute approximate surface area is 270 Å². The zero-order valence-electron chi connectivity index (χ0n) is 25.9. The number of ether oxygens (including phenoxy) is 1. The lowest BCUT2D eigenvalue weighted by atomic mass is 9.92. The van der Waals surface area contributed by atoms with E-state index < -0.39 is 35.3 Å². The maximum absolute atomic E-state index is 16.9. The molecule has 2 aromatic carbocycles. The second-order valence-corrected chi connectivity index (χ2v) is 13.7. The number of aromatic nitrogens is 2. The number of carbonyl (C=O) groups is 1. The van der Waals surface area contributed by atoms with Gasteiger partial charge >= 0.3 is 6.01 Å². The van der Waals surface area contributed by atoms with Gasteiger partial charge in [-0.25, -0.2) is 19.7 Å². The largest absolute Gasteiger partial charge is 0.507 e. The fourth-order valence-electron chi connectivity index (χ4n) is 8.65. The predicted octanol–water partition coefficient (Wildman–Crippen LogP) is 5.18. The minimum Gasteiger partial charge on any atom is -0.507 e. The van der Waals surface area contributed by atoms with Crippen LogP contribution in [0.2, 0.25) is 0 Å². The summed E-state index contributed by atoms with van der Waals surface area (Å²) < 4.78 is 51.4. The topological polar surface area (TPSA) is 86.4 Å². The van der Waals surface area contributed by atoms with Crippen LogP contribution in [0.3, 0.4) is 0 Å². The first-order valence-corrected chi connectivity index (χ1v) is 16.3.